The summed E-state index contributed by atoms with van der Waals surface area (Å²) in [6.07, 6.45) is 3.66. The Morgan fingerprint density at radius 1 is 1.12 bits per heavy atom. The second-order valence-electron chi connectivity index (χ2n) is 3.64. The quantitative estimate of drug-likeness (QED) is 0.616. The van der Waals surface area contributed by atoms with Gasteiger partial charge in [0, 0.05) is 17.8 Å². The summed E-state index contributed by atoms with van der Waals surface area (Å²) in [5.41, 5.74) is 0.671. The SMILES string of the molecule is O=C(C[n+]1ccccc1)Nc1ccc(O)cc1. The van der Waals surface area contributed by atoms with Crippen LogP contribution in [0.15, 0.2) is 54.9 Å². The molecule has 0 aliphatic carbocycles. The summed E-state index contributed by atoms with van der Waals surface area (Å²) in [7, 11) is 0. The molecule has 1 aromatic heterocycles. The van der Waals surface area contributed by atoms with Crippen molar-refractivity contribution < 1.29 is 14.5 Å². The van der Waals surface area contributed by atoms with Crippen molar-refractivity contribution in [2.75, 3.05) is 5.32 Å². The zero-order valence-electron chi connectivity index (χ0n) is 9.21. The van der Waals surface area contributed by atoms with Crippen LogP contribution in [0.4, 0.5) is 5.69 Å². The fraction of sp³-hybridized carbons (Fsp3) is 0.0769. The van der Waals surface area contributed by atoms with Crippen LogP contribution in [0.25, 0.3) is 0 Å². The number of aromatic nitrogens is 1. The Morgan fingerprint density at radius 3 is 2.41 bits per heavy atom. The van der Waals surface area contributed by atoms with Crippen LogP contribution in [0.3, 0.4) is 0 Å². The lowest BCUT2D eigenvalue weighted by molar-refractivity contribution is -0.684. The van der Waals surface area contributed by atoms with Crippen LogP contribution in [-0.2, 0) is 11.3 Å². The number of phenols is 1. The lowest BCUT2D eigenvalue weighted by Crippen LogP contribution is -2.39. The van der Waals surface area contributed by atoms with Gasteiger partial charge in [-0.15, -0.1) is 0 Å². The second kappa shape index (κ2) is 5.12. The van der Waals surface area contributed by atoms with E-state index in [2.05, 4.69) is 5.32 Å². The smallest absolute Gasteiger partial charge is 0.290 e. The Morgan fingerprint density at radius 2 is 1.76 bits per heavy atom. The van der Waals surface area contributed by atoms with E-state index in [4.69, 9.17) is 5.11 Å². The van der Waals surface area contributed by atoms with Crippen molar-refractivity contribution in [2.24, 2.45) is 0 Å². The van der Waals surface area contributed by atoms with E-state index < -0.39 is 0 Å². The first-order valence-electron chi connectivity index (χ1n) is 5.27. The third-order valence-corrected chi connectivity index (χ3v) is 2.25. The number of carbonyl (C=O) groups is 1. The van der Waals surface area contributed by atoms with E-state index >= 15 is 0 Å². The van der Waals surface area contributed by atoms with E-state index in [1.807, 2.05) is 30.6 Å². The predicted octanol–water partition coefficient (Wildman–Crippen LogP) is 1.32. The molecule has 17 heavy (non-hydrogen) atoms. The van der Waals surface area contributed by atoms with Gasteiger partial charge in [0.1, 0.15) is 5.75 Å². The van der Waals surface area contributed by atoms with Crippen molar-refractivity contribution >= 4 is 11.6 Å². The Bertz CT molecular complexity index is 495. The molecular formula is C13H13N2O2+. The van der Waals surface area contributed by atoms with Crippen molar-refractivity contribution in [3.63, 3.8) is 0 Å². The number of nitrogens with zero attached hydrogens (tertiary/aromatic N) is 1. The van der Waals surface area contributed by atoms with Gasteiger partial charge in [0.2, 0.25) is 6.54 Å². The summed E-state index contributed by atoms with van der Waals surface area (Å²) >= 11 is 0. The number of amides is 1. The highest BCUT2D eigenvalue weighted by Gasteiger charge is 2.08. The van der Waals surface area contributed by atoms with Crippen molar-refractivity contribution in [3.05, 3.63) is 54.9 Å². The predicted molar refractivity (Wildman–Crippen MR) is 63.4 cm³/mol. The highest BCUT2D eigenvalue weighted by atomic mass is 16.3. The van der Waals surface area contributed by atoms with Gasteiger partial charge in [0.15, 0.2) is 12.4 Å². The maximum Gasteiger partial charge on any atom is 0.290 e. The summed E-state index contributed by atoms with van der Waals surface area (Å²) < 4.78 is 1.79. The number of rotatable bonds is 3. The van der Waals surface area contributed by atoms with Gasteiger partial charge in [-0.25, -0.2) is 0 Å². The van der Waals surface area contributed by atoms with Crippen LogP contribution in [0.2, 0.25) is 0 Å². The van der Waals surface area contributed by atoms with Gasteiger partial charge < -0.3 is 10.4 Å². The molecule has 1 amide bonds. The van der Waals surface area contributed by atoms with Crippen molar-refractivity contribution in [3.8, 4) is 5.75 Å². The molecule has 0 saturated heterocycles. The maximum absolute atomic E-state index is 11.7. The molecule has 2 aromatic rings. The monoisotopic (exact) mass is 229 g/mol. The van der Waals surface area contributed by atoms with Gasteiger partial charge in [-0.3, -0.25) is 4.79 Å². The average molecular weight is 229 g/mol. The van der Waals surface area contributed by atoms with E-state index in [0.29, 0.717) is 5.69 Å². The Kier molecular flexibility index (Phi) is 3.35. The van der Waals surface area contributed by atoms with Crippen LogP contribution in [-0.4, -0.2) is 11.0 Å². The topological polar surface area (TPSA) is 53.2 Å². The molecule has 0 fully saturated rings. The molecule has 0 aliphatic heterocycles. The number of nitrogens with one attached hydrogen (secondary N) is 1. The lowest BCUT2D eigenvalue weighted by Gasteiger charge is -2.02. The molecule has 2 N–H and O–H groups in total. The van der Waals surface area contributed by atoms with E-state index in [1.165, 1.54) is 12.1 Å². The van der Waals surface area contributed by atoms with Crippen LogP contribution in [0.1, 0.15) is 0 Å². The fourth-order valence-electron chi connectivity index (χ4n) is 1.45. The normalized spacial score (nSPS) is 9.88. The van der Waals surface area contributed by atoms with Gasteiger partial charge >= 0.3 is 0 Å². The molecule has 0 bridgehead atoms. The molecule has 0 unspecified atom stereocenters. The molecule has 4 heteroatoms. The standard InChI is InChI=1S/C13H12N2O2/c16-12-6-4-11(5-7-12)14-13(17)10-15-8-2-1-3-9-15/h1-9H,10H2,(H-,14,16,17)/p+1. The molecule has 1 heterocycles. The van der Waals surface area contributed by atoms with Crippen LogP contribution in [0, 0.1) is 0 Å². The Hall–Kier alpha value is -2.36. The third kappa shape index (κ3) is 3.31. The van der Waals surface area contributed by atoms with Crippen LogP contribution >= 0.6 is 0 Å². The first-order valence-corrected chi connectivity index (χ1v) is 5.27. The minimum Gasteiger partial charge on any atom is -0.508 e. The molecule has 0 aliphatic rings. The van der Waals surface area contributed by atoms with Gasteiger partial charge in [-0.05, 0) is 24.3 Å². The second-order valence-corrected chi connectivity index (χ2v) is 3.64. The molecule has 0 atom stereocenters. The van der Waals surface area contributed by atoms with Gasteiger partial charge in [-0.1, -0.05) is 6.07 Å². The molecule has 0 spiro atoms. The lowest BCUT2D eigenvalue weighted by atomic mass is 10.3. The molecule has 1 aromatic carbocycles. The van der Waals surface area contributed by atoms with Crippen molar-refractivity contribution in [1.29, 1.82) is 0 Å². The molecule has 4 nitrogen and oxygen atoms in total. The van der Waals surface area contributed by atoms with Crippen LogP contribution in [0.5, 0.6) is 5.75 Å². The third-order valence-electron chi connectivity index (χ3n) is 2.25. The molecule has 0 radical (unpaired) electrons. The zero-order chi connectivity index (χ0) is 12.1. The number of carbonyl (C=O) groups excluding carboxylic acids is 1. The first kappa shape index (κ1) is 11.1. The van der Waals surface area contributed by atoms with Crippen molar-refractivity contribution in [1.82, 2.24) is 0 Å². The number of anilines is 1. The number of hydrogen-bond acceptors (Lipinski definition) is 2. The summed E-state index contributed by atoms with van der Waals surface area (Å²) in [5.74, 6) is 0.0762. The molecule has 2 rings (SSSR count). The summed E-state index contributed by atoms with van der Waals surface area (Å²) in [6, 6.07) is 12.0. The van der Waals surface area contributed by atoms with Gasteiger partial charge in [-0.2, -0.15) is 4.57 Å². The minimum atomic E-state index is -0.105. The van der Waals surface area contributed by atoms with Crippen molar-refractivity contribution in [2.45, 2.75) is 6.54 Å². The Labute approximate surface area is 99.2 Å². The number of benzene rings is 1. The van der Waals surface area contributed by atoms with Gasteiger partial charge in [0.25, 0.3) is 5.91 Å². The van der Waals surface area contributed by atoms with E-state index in [9.17, 15) is 4.79 Å². The number of hydrogen-bond donors (Lipinski definition) is 2. The minimum absolute atomic E-state index is 0.105. The maximum atomic E-state index is 11.7. The number of aromatic hydroxyl groups is 1. The highest BCUT2D eigenvalue weighted by Crippen LogP contribution is 2.13. The molecule has 86 valence electrons. The van der Waals surface area contributed by atoms with E-state index in [0.717, 1.165) is 0 Å². The number of phenolic OH excluding ortho intramolecular Hbond substituents is 1. The summed E-state index contributed by atoms with van der Waals surface area (Å²) in [5, 5.41) is 11.9. The molecular weight excluding hydrogens is 216 g/mol. The summed E-state index contributed by atoms with van der Waals surface area (Å²) in [4.78, 5) is 11.7. The first-order chi connectivity index (χ1) is 8.24. The zero-order valence-corrected chi connectivity index (χ0v) is 9.21. The van der Waals surface area contributed by atoms with Crippen LogP contribution < -0.4 is 9.88 Å². The fourth-order valence-corrected chi connectivity index (χ4v) is 1.45. The largest absolute Gasteiger partial charge is 0.508 e. The highest BCUT2D eigenvalue weighted by molar-refractivity contribution is 5.89. The molecule has 0 saturated carbocycles. The average Bonchev–Trinajstić information content (AvgIpc) is 2.33. The summed E-state index contributed by atoms with van der Waals surface area (Å²) in [6.45, 7) is 0.266. The van der Waals surface area contributed by atoms with Gasteiger partial charge in [0.05, 0.1) is 0 Å². The van der Waals surface area contributed by atoms with E-state index in [-0.39, 0.29) is 18.2 Å². The van der Waals surface area contributed by atoms with E-state index in [1.54, 1.807) is 16.7 Å². The Balaban J connectivity index is 1.96. The number of pyridine rings is 1.